The molecule has 0 aliphatic carbocycles. The molecule has 38 heavy (non-hydrogen) atoms. The SMILES string of the molecule is C#Cc1cccc(Nc2ncnc3cc(OC)c(OC4CCN(C(=O)OC(C)(C)C)CC4)c([N+](=O)[O-])c23)c1. The number of aromatic nitrogens is 2. The molecule has 0 radical (unpaired) electrons. The molecule has 1 fully saturated rings. The number of ether oxygens (including phenoxy) is 3. The summed E-state index contributed by atoms with van der Waals surface area (Å²) in [5.74, 6) is 2.95. The lowest BCUT2D eigenvalue weighted by molar-refractivity contribution is -0.384. The Morgan fingerprint density at radius 2 is 1.97 bits per heavy atom. The van der Waals surface area contributed by atoms with E-state index in [0.717, 1.165) is 0 Å². The van der Waals surface area contributed by atoms with Crippen LogP contribution < -0.4 is 14.8 Å². The molecule has 2 heterocycles. The number of carbonyl (C=O) groups excluding carboxylic acids is 1. The van der Waals surface area contributed by atoms with E-state index in [1.807, 2.05) is 20.8 Å². The summed E-state index contributed by atoms with van der Waals surface area (Å²) in [6.45, 7) is 6.22. The van der Waals surface area contributed by atoms with Gasteiger partial charge >= 0.3 is 11.8 Å². The summed E-state index contributed by atoms with van der Waals surface area (Å²) in [7, 11) is 1.41. The molecule has 4 rings (SSSR count). The lowest BCUT2D eigenvalue weighted by atomic mass is 10.1. The number of fused-ring (bicyclic) bond motifs is 1. The van der Waals surface area contributed by atoms with Crippen molar-refractivity contribution in [1.82, 2.24) is 14.9 Å². The zero-order chi connectivity index (χ0) is 27.4. The number of hydrogen-bond acceptors (Lipinski definition) is 9. The van der Waals surface area contributed by atoms with Gasteiger partial charge in [0, 0.05) is 43.2 Å². The Labute approximate surface area is 220 Å². The van der Waals surface area contributed by atoms with Gasteiger partial charge in [-0.1, -0.05) is 12.0 Å². The second-order valence-corrected chi connectivity index (χ2v) is 9.76. The number of rotatable bonds is 6. The maximum Gasteiger partial charge on any atom is 0.410 e. The van der Waals surface area contributed by atoms with Crippen LogP contribution in [0.25, 0.3) is 10.9 Å². The van der Waals surface area contributed by atoms with E-state index in [-0.39, 0.29) is 34.5 Å². The number of nitrogens with one attached hydrogen (secondary N) is 1. The first-order valence-electron chi connectivity index (χ1n) is 12.1. The van der Waals surface area contributed by atoms with Gasteiger partial charge in [0.2, 0.25) is 5.75 Å². The van der Waals surface area contributed by atoms with Crippen LogP contribution in [0, 0.1) is 22.5 Å². The van der Waals surface area contributed by atoms with Crippen molar-refractivity contribution in [2.75, 3.05) is 25.5 Å². The van der Waals surface area contributed by atoms with Crippen molar-refractivity contribution in [2.45, 2.75) is 45.3 Å². The first-order chi connectivity index (χ1) is 18.1. The number of benzene rings is 2. The number of nitro groups is 1. The second-order valence-electron chi connectivity index (χ2n) is 9.76. The summed E-state index contributed by atoms with van der Waals surface area (Å²) < 4.78 is 17.1. The van der Waals surface area contributed by atoms with Crippen LogP contribution in [-0.2, 0) is 4.74 Å². The Morgan fingerprint density at radius 1 is 1.24 bits per heavy atom. The van der Waals surface area contributed by atoms with Crippen LogP contribution in [0.1, 0.15) is 39.2 Å². The monoisotopic (exact) mass is 519 g/mol. The predicted octanol–water partition coefficient (Wildman–Crippen LogP) is 5.05. The van der Waals surface area contributed by atoms with Crippen molar-refractivity contribution in [3.05, 3.63) is 52.3 Å². The Hall–Kier alpha value is -4.59. The van der Waals surface area contributed by atoms with Crippen LogP contribution in [0.3, 0.4) is 0 Å². The number of piperidine rings is 1. The molecule has 198 valence electrons. The molecular weight excluding hydrogens is 490 g/mol. The van der Waals surface area contributed by atoms with E-state index in [1.165, 1.54) is 13.4 Å². The lowest BCUT2D eigenvalue weighted by Gasteiger charge is -2.33. The molecule has 1 aliphatic heterocycles. The molecule has 1 aliphatic rings. The third-order valence-electron chi connectivity index (χ3n) is 5.89. The van der Waals surface area contributed by atoms with E-state index in [9.17, 15) is 14.9 Å². The van der Waals surface area contributed by atoms with E-state index in [1.54, 1.807) is 35.2 Å². The van der Waals surface area contributed by atoms with Crippen molar-refractivity contribution < 1.29 is 23.9 Å². The van der Waals surface area contributed by atoms with Gasteiger partial charge in [-0.15, -0.1) is 6.42 Å². The Bertz CT molecular complexity index is 1400. The topological polar surface area (TPSA) is 129 Å². The number of likely N-dealkylation sites (tertiary alicyclic amines) is 1. The second kappa shape index (κ2) is 10.8. The third kappa shape index (κ3) is 5.86. The van der Waals surface area contributed by atoms with Crippen molar-refractivity contribution >= 4 is 34.2 Å². The molecule has 0 bridgehead atoms. The number of amides is 1. The zero-order valence-electron chi connectivity index (χ0n) is 21.7. The first-order valence-corrected chi connectivity index (χ1v) is 12.1. The summed E-state index contributed by atoms with van der Waals surface area (Å²) in [5.41, 5.74) is 0.657. The maximum absolute atomic E-state index is 12.4. The van der Waals surface area contributed by atoms with Crippen molar-refractivity contribution in [3.63, 3.8) is 0 Å². The summed E-state index contributed by atoms with van der Waals surface area (Å²) in [6, 6.07) is 8.64. The van der Waals surface area contributed by atoms with E-state index >= 15 is 0 Å². The number of nitro benzene ring substituents is 1. The van der Waals surface area contributed by atoms with Gasteiger partial charge in [0.1, 0.15) is 29.2 Å². The van der Waals surface area contributed by atoms with Crippen LogP contribution in [0.4, 0.5) is 22.0 Å². The highest BCUT2D eigenvalue weighted by molar-refractivity contribution is 6.01. The smallest absolute Gasteiger partial charge is 0.410 e. The number of hydrogen-bond donors (Lipinski definition) is 1. The van der Waals surface area contributed by atoms with E-state index in [4.69, 9.17) is 20.6 Å². The molecule has 1 amide bonds. The number of carbonyl (C=O) groups is 1. The Kier molecular flexibility index (Phi) is 7.52. The molecule has 1 aromatic heterocycles. The van der Waals surface area contributed by atoms with Gasteiger partial charge in [-0.05, 0) is 39.0 Å². The minimum atomic E-state index is -0.598. The molecule has 11 nitrogen and oxygen atoms in total. The Morgan fingerprint density at radius 3 is 2.61 bits per heavy atom. The standard InChI is InChI=1S/C27H29N5O6/c1-6-17-8-7-9-18(14-17)30-25-22-20(28-16-29-25)15-21(36-5)24(23(22)32(34)35)37-19-10-12-31(13-11-19)26(33)38-27(2,3)4/h1,7-9,14-16,19H,10-13H2,2-5H3,(H,28,29,30). The minimum absolute atomic E-state index is 0.0176. The zero-order valence-corrected chi connectivity index (χ0v) is 21.7. The highest BCUT2D eigenvalue weighted by Gasteiger charge is 2.33. The highest BCUT2D eigenvalue weighted by atomic mass is 16.6. The quantitative estimate of drug-likeness (QED) is 0.270. The van der Waals surface area contributed by atoms with E-state index in [2.05, 4.69) is 21.2 Å². The molecule has 0 saturated carbocycles. The van der Waals surface area contributed by atoms with Gasteiger partial charge in [-0.2, -0.15) is 0 Å². The minimum Gasteiger partial charge on any atom is -0.493 e. The molecule has 0 unspecified atom stereocenters. The van der Waals surface area contributed by atoms with Gasteiger partial charge in [0.25, 0.3) is 0 Å². The molecule has 0 atom stereocenters. The average molecular weight is 520 g/mol. The number of anilines is 2. The fourth-order valence-corrected chi connectivity index (χ4v) is 4.17. The van der Waals surface area contributed by atoms with Crippen LogP contribution in [0.2, 0.25) is 0 Å². The van der Waals surface area contributed by atoms with Gasteiger partial charge < -0.3 is 24.4 Å². The predicted molar refractivity (Wildman–Crippen MR) is 142 cm³/mol. The molecule has 11 heteroatoms. The van der Waals surface area contributed by atoms with Gasteiger partial charge in [0.05, 0.1) is 17.5 Å². The molecule has 0 spiro atoms. The van der Waals surface area contributed by atoms with E-state index < -0.39 is 16.6 Å². The fraction of sp³-hybridized carbons (Fsp3) is 0.370. The van der Waals surface area contributed by atoms with Crippen molar-refractivity contribution in [2.24, 2.45) is 0 Å². The van der Waals surface area contributed by atoms with E-state index in [0.29, 0.717) is 42.7 Å². The molecule has 1 saturated heterocycles. The number of methoxy groups -OCH3 is 1. The van der Waals surface area contributed by atoms with Gasteiger partial charge in [-0.25, -0.2) is 14.8 Å². The fourth-order valence-electron chi connectivity index (χ4n) is 4.17. The summed E-state index contributed by atoms with van der Waals surface area (Å²) in [6.07, 6.45) is 6.97. The van der Waals surface area contributed by atoms with Gasteiger partial charge in [0.15, 0.2) is 5.75 Å². The average Bonchev–Trinajstić information content (AvgIpc) is 2.87. The van der Waals surface area contributed by atoms with Crippen LogP contribution in [0.15, 0.2) is 36.7 Å². The van der Waals surface area contributed by atoms with Crippen molar-refractivity contribution in [3.8, 4) is 23.8 Å². The lowest BCUT2D eigenvalue weighted by Crippen LogP contribution is -2.44. The number of nitrogens with zero attached hydrogens (tertiary/aromatic N) is 4. The largest absolute Gasteiger partial charge is 0.493 e. The molecule has 1 N–H and O–H groups in total. The highest BCUT2D eigenvalue weighted by Crippen LogP contribution is 2.46. The van der Waals surface area contributed by atoms with Crippen LogP contribution >= 0.6 is 0 Å². The van der Waals surface area contributed by atoms with Crippen molar-refractivity contribution in [1.29, 1.82) is 0 Å². The Balaban J connectivity index is 1.67. The third-order valence-corrected chi connectivity index (χ3v) is 5.89. The number of terminal acetylenes is 1. The maximum atomic E-state index is 12.4. The summed E-state index contributed by atoms with van der Waals surface area (Å²) in [4.78, 5) is 34.4. The molecular formula is C27H29N5O6. The summed E-state index contributed by atoms with van der Waals surface area (Å²) >= 11 is 0. The molecule has 3 aromatic rings. The summed E-state index contributed by atoms with van der Waals surface area (Å²) in [5, 5.41) is 15.7. The van der Waals surface area contributed by atoms with Gasteiger partial charge in [-0.3, -0.25) is 10.1 Å². The van der Waals surface area contributed by atoms with Crippen LogP contribution in [0.5, 0.6) is 11.5 Å². The van der Waals surface area contributed by atoms with Crippen LogP contribution in [-0.4, -0.2) is 57.8 Å². The first kappa shape index (κ1) is 26.5. The molecule has 2 aromatic carbocycles. The normalized spacial score (nSPS) is 14.0.